The standard InChI is InChI=1S/C39H49N3O12/c1-25(2)50-20-21-53-33-12-14-34(15-13-33)54-24-30(43)23-40-17-19-52-32-10-8-31(9-11-32)51-18-16-39(38(46)47)27(4)41-26(3)35(37(44)45)36(39)28-6-5-7-29(22-28)42(48)49/h5-15,22,25,27,30,36,40-41,43H,16-21,23-24H2,1-4H3,(H,44,45)(H,46,47). The van der Waals surface area contributed by atoms with Gasteiger partial charge in [0.05, 0.1) is 29.8 Å². The fourth-order valence-electron chi connectivity index (χ4n) is 6.40. The van der Waals surface area contributed by atoms with E-state index in [0.29, 0.717) is 55.9 Å². The third kappa shape index (κ3) is 11.1. The predicted molar refractivity (Wildman–Crippen MR) is 198 cm³/mol. The molecule has 3 aromatic carbocycles. The molecule has 1 aliphatic rings. The molecule has 4 unspecified atom stereocenters. The van der Waals surface area contributed by atoms with E-state index in [2.05, 4.69) is 10.6 Å². The van der Waals surface area contributed by atoms with E-state index < -0.39 is 40.3 Å². The van der Waals surface area contributed by atoms with Gasteiger partial charge in [0.25, 0.3) is 5.69 Å². The highest BCUT2D eigenvalue weighted by Gasteiger charge is 2.56. The normalized spacial score (nSPS) is 18.8. The number of carboxylic acid groups (broad SMARTS) is 2. The van der Waals surface area contributed by atoms with Crippen LogP contribution >= 0.6 is 0 Å². The van der Waals surface area contributed by atoms with Crippen molar-refractivity contribution in [2.75, 3.05) is 46.1 Å². The Kier molecular flexibility index (Phi) is 15.0. The van der Waals surface area contributed by atoms with Crippen LogP contribution in [0.15, 0.2) is 84.1 Å². The van der Waals surface area contributed by atoms with Crippen LogP contribution in [0.1, 0.15) is 45.6 Å². The van der Waals surface area contributed by atoms with Crippen LogP contribution in [0.25, 0.3) is 0 Å². The van der Waals surface area contributed by atoms with Gasteiger partial charge in [-0.25, -0.2) is 4.79 Å². The fraction of sp³-hybridized carbons (Fsp3) is 0.436. The highest BCUT2D eigenvalue weighted by atomic mass is 16.6. The maximum absolute atomic E-state index is 13.1. The summed E-state index contributed by atoms with van der Waals surface area (Å²) in [6, 6.07) is 18.6. The van der Waals surface area contributed by atoms with Crippen molar-refractivity contribution in [1.82, 2.24) is 10.6 Å². The van der Waals surface area contributed by atoms with E-state index in [1.807, 2.05) is 13.8 Å². The van der Waals surface area contributed by atoms with Crippen molar-refractivity contribution in [3.05, 3.63) is 99.7 Å². The van der Waals surface area contributed by atoms with E-state index in [1.165, 1.54) is 24.3 Å². The lowest BCUT2D eigenvalue weighted by Crippen LogP contribution is -2.57. The maximum Gasteiger partial charge on any atom is 0.333 e. The van der Waals surface area contributed by atoms with Crippen LogP contribution in [0.3, 0.4) is 0 Å². The number of aliphatic hydroxyl groups is 1. The van der Waals surface area contributed by atoms with Crippen LogP contribution < -0.4 is 29.6 Å². The number of carbonyl (C=O) groups is 2. The molecule has 0 spiro atoms. The summed E-state index contributed by atoms with van der Waals surface area (Å²) in [5, 5.41) is 48.8. The topological polar surface area (TPSA) is 208 Å². The Morgan fingerprint density at radius 1 is 0.889 bits per heavy atom. The molecule has 0 amide bonds. The molecule has 4 rings (SSSR count). The highest BCUT2D eigenvalue weighted by Crippen LogP contribution is 2.51. The van der Waals surface area contributed by atoms with E-state index >= 15 is 0 Å². The summed E-state index contributed by atoms with van der Waals surface area (Å²) in [5.74, 6) is -1.46. The van der Waals surface area contributed by atoms with Gasteiger partial charge in [0.15, 0.2) is 0 Å². The molecule has 0 saturated heterocycles. The van der Waals surface area contributed by atoms with Crippen molar-refractivity contribution in [2.24, 2.45) is 5.41 Å². The first-order chi connectivity index (χ1) is 25.8. The molecule has 0 aromatic heterocycles. The van der Waals surface area contributed by atoms with Crippen LogP contribution in [0.4, 0.5) is 5.69 Å². The monoisotopic (exact) mass is 751 g/mol. The number of rotatable bonds is 22. The average Bonchev–Trinajstić information content (AvgIpc) is 3.13. The van der Waals surface area contributed by atoms with Crippen LogP contribution in [0, 0.1) is 15.5 Å². The number of hydrogen-bond donors (Lipinski definition) is 5. The van der Waals surface area contributed by atoms with Gasteiger partial charge >= 0.3 is 11.9 Å². The molecule has 1 heterocycles. The summed E-state index contributed by atoms with van der Waals surface area (Å²) >= 11 is 0. The summed E-state index contributed by atoms with van der Waals surface area (Å²) in [7, 11) is 0. The molecule has 5 N–H and O–H groups in total. The summed E-state index contributed by atoms with van der Waals surface area (Å²) in [6.07, 6.45) is -0.694. The van der Waals surface area contributed by atoms with E-state index in [1.54, 1.807) is 62.4 Å². The number of nitro benzene ring substituents is 1. The van der Waals surface area contributed by atoms with Gasteiger partial charge in [0.1, 0.15) is 54.3 Å². The average molecular weight is 752 g/mol. The first-order valence-electron chi connectivity index (χ1n) is 17.7. The Labute approximate surface area is 314 Å². The van der Waals surface area contributed by atoms with Gasteiger partial charge in [-0.2, -0.15) is 0 Å². The third-order valence-electron chi connectivity index (χ3n) is 9.06. The lowest BCUT2D eigenvalue weighted by molar-refractivity contribution is -0.384. The Bertz CT molecular complexity index is 1730. The molecule has 54 heavy (non-hydrogen) atoms. The number of nitrogens with zero attached hydrogens (tertiary/aromatic N) is 1. The SMILES string of the molecule is CC1=C(C(=O)O)C(c2cccc([N+](=O)[O-])c2)C(CCOc2ccc(OCCNCC(O)COc3ccc(OCCOC(C)C)cc3)cc2)(C(=O)O)C(C)N1. The minimum atomic E-state index is -1.72. The van der Waals surface area contributed by atoms with Gasteiger partial charge in [-0.1, -0.05) is 12.1 Å². The van der Waals surface area contributed by atoms with Crippen LogP contribution in [-0.4, -0.2) is 96.6 Å². The van der Waals surface area contributed by atoms with Crippen LogP contribution in [0.5, 0.6) is 23.0 Å². The van der Waals surface area contributed by atoms with Crippen LogP contribution in [0.2, 0.25) is 0 Å². The molecule has 15 nitrogen and oxygen atoms in total. The van der Waals surface area contributed by atoms with Crippen LogP contribution in [-0.2, 0) is 14.3 Å². The largest absolute Gasteiger partial charge is 0.494 e. The molecule has 0 fully saturated rings. The molecule has 4 atom stereocenters. The second-order valence-electron chi connectivity index (χ2n) is 13.2. The third-order valence-corrected chi connectivity index (χ3v) is 9.06. The molecule has 3 aromatic rings. The van der Waals surface area contributed by atoms with Gasteiger partial charge in [0.2, 0.25) is 0 Å². The number of allylic oxidation sites excluding steroid dienone is 1. The van der Waals surface area contributed by atoms with Gasteiger partial charge < -0.3 is 49.6 Å². The van der Waals surface area contributed by atoms with Crippen molar-refractivity contribution in [2.45, 2.75) is 58.3 Å². The quantitative estimate of drug-likeness (QED) is 0.0532. The van der Waals surface area contributed by atoms with Gasteiger partial charge in [0, 0.05) is 49.3 Å². The Morgan fingerprint density at radius 3 is 2.02 bits per heavy atom. The molecule has 0 bridgehead atoms. The second-order valence-corrected chi connectivity index (χ2v) is 13.2. The molecule has 0 radical (unpaired) electrons. The van der Waals surface area contributed by atoms with Crippen molar-refractivity contribution >= 4 is 17.6 Å². The minimum Gasteiger partial charge on any atom is -0.494 e. The number of benzene rings is 3. The Balaban J connectivity index is 1.24. The number of nitro groups is 1. The fourth-order valence-corrected chi connectivity index (χ4v) is 6.40. The number of ether oxygens (including phenoxy) is 5. The lowest BCUT2D eigenvalue weighted by Gasteiger charge is -2.46. The Morgan fingerprint density at radius 2 is 1.46 bits per heavy atom. The number of aliphatic carboxylic acids is 2. The molecule has 0 saturated carbocycles. The number of non-ortho nitro benzene ring substituents is 1. The van der Waals surface area contributed by atoms with E-state index in [4.69, 9.17) is 23.7 Å². The zero-order valence-electron chi connectivity index (χ0n) is 30.9. The van der Waals surface area contributed by atoms with Crippen molar-refractivity contribution < 1.29 is 53.5 Å². The summed E-state index contributed by atoms with van der Waals surface area (Å²) < 4.78 is 28.5. The zero-order chi connectivity index (χ0) is 39.3. The van der Waals surface area contributed by atoms with Crippen molar-refractivity contribution in [3.8, 4) is 23.0 Å². The molecular formula is C39H49N3O12. The van der Waals surface area contributed by atoms with Gasteiger partial charge in [-0.3, -0.25) is 14.9 Å². The summed E-state index contributed by atoms with van der Waals surface area (Å²) in [5.41, 5.74) is -1.67. The summed E-state index contributed by atoms with van der Waals surface area (Å²) in [4.78, 5) is 36.5. The van der Waals surface area contributed by atoms with Crippen molar-refractivity contribution in [3.63, 3.8) is 0 Å². The molecule has 292 valence electrons. The smallest absolute Gasteiger partial charge is 0.333 e. The number of aliphatic hydroxyl groups excluding tert-OH is 1. The first-order valence-corrected chi connectivity index (χ1v) is 17.7. The molecule has 15 heteroatoms. The number of hydrogen-bond acceptors (Lipinski definition) is 12. The minimum absolute atomic E-state index is 0.0833. The Hall–Kier alpha value is -5.38. The second kappa shape index (κ2) is 19.6. The maximum atomic E-state index is 13.1. The van der Waals surface area contributed by atoms with Crippen molar-refractivity contribution in [1.29, 1.82) is 0 Å². The molecular weight excluding hydrogens is 702 g/mol. The molecule has 1 aliphatic heterocycles. The van der Waals surface area contributed by atoms with E-state index in [0.717, 1.165) is 0 Å². The number of nitrogens with one attached hydrogen (secondary N) is 2. The van der Waals surface area contributed by atoms with Gasteiger partial charge in [-0.15, -0.1) is 0 Å². The summed E-state index contributed by atoms with van der Waals surface area (Å²) in [6.45, 7) is 9.20. The predicted octanol–water partition coefficient (Wildman–Crippen LogP) is 4.78. The first kappa shape index (κ1) is 41.4. The number of carboxylic acids is 2. The molecule has 0 aliphatic carbocycles. The van der Waals surface area contributed by atoms with E-state index in [-0.39, 0.29) is 48.3 Å². The van der Waals surface area contributed by atoms with Gasteiger partial charge in [-0.05, 0) is 81.8 Å². The highest BCUT2D eigenvalue weighted by molar-refractivity contribution is 5.93. The zero-order valence-corrected chi connectivity index (χ0v) is 30.9. The lowest BCUT2D eigenvalue weighted by atomic mass is 9.60. The van der Waals surface area contributed by atoms with E-state index in [9.17, 15) is 35.0 Å².